The van der Waals surface area contributed by atoms with Crippen LogP contribution in [-0.4, -0.2) is 31.1 Å². The van der Waals surface area contributed by atoms with E-state index >= 15 is 0 Å². The lowest BCUT2D eigenvalue weighted by molar-refractivity contribution is -0.121. The largest absolute Gasteiger partial charge is 0.494 e. The summed E-state index contributed by atoms with van der Waals surface area (Å²) in [6.45, 7) is 2.78. The molecular weight excluding hydrogens is 282 g/mol. The summed E-state index contributed by atoms with van der Waals surface area (Å²) in [5.74, 6) is -0.0488. The van der Waals surface area contributed by atoms with Crippen LogP contribution in [0.3, 0.4) is 0 Å². The van der Waals surface area contributed by atoms with Gasteiger partial charge in [-0.05, 0) is 43.9 Å². The number of nitrogens with two attached hydrogens (primary N) is 1. The van der Waals surface area contributed by atoms with E-state index in [1.54, 1.807) is 0 Å². The zero-order valence-corrected chi connectivity index (χ0v) is 12.8. The van der Waals surface area contributed by atoms with E-state index in [-0.39, 0.29) is 18.6 Å². The van der Waals surface area contributed by atoms with Crippen molar-refractivity contribution in [2.45, 2.75) is 32.2 Å². The van der Waals surface area contributed by atoms with Crippen molar-refractivity contribution in [2.24, 2.45) is 11.7 Å². The molecule has 0 heterocycles. The molecule has 1 aromatic rings. The first kappa shape index (κ1) is 16.1. The van der Waals surface area contributed by atoms with E-state index in [2.05, 4.69) is 10.6 Å². The molecule has 3 amide bonds. The number of hydrogen-bond acceptors (Lipinski definition) is 3. The molecule has 22 heavy (non-hydrogen) atoms. The summed E-state index contributed by atoms with van der Waals surface area (Å²) >= 11 is 0. The van der Waals surface area contributed by atoms with Crippen molar-refractivity contribution in [1.29, 1.82) is 0 Å². The maximum Gasteiger partial charge on any atom is 0.315 e. The van der Waals surface area contributed by atoms with Gasteiger partial charge in [0.1, 0.15) is 5.75 Å². The second-order valence-electron chi connectivity index (χ2n) is 5.51. The van der Waals surface area contributed by atoms with E-state index in [4.69, 9.17) is 10.5 Å². The molecule has 1 atom stereocenters. The summed E-state index contributed by atoms with van der Waals surface area (Å²) in [4.78, 5) is 23.1. The molecule has 0 bridgehead atoms. The Labute approximate surface area is 130 Å². The SMILES string of the molecule is CCOc1ccc(CC(CNC(=O)NC2CC2)C(N)=O)cc1. The van der Waals surface area contributed by atoms with E-state index in [0.717, 1.165) is 24.2 Å². The fourth-order valence-corrected chi connectivity index (χ4v) is 2.13. The van der Waals surface area contributed by atoms with Gasteiger partial charge in [-0.2, -0.15) is 0 Å². The first-order valence-electron chi connectivity index (χ1n) is 7.64. The molecule has 6 nitrogen and oxygen atoms in total. The Morgan fingerprint density at radius 1 is 1.32 bits per heavy atom. The summed E-state index contributed by atoms with van der Waals surface area (Å²) in [7, 11) is 0. The highest BCUT2D eigenvalue weighted by molar-refractivity contribution is 5.79. The Kier molecular flexibility index (Phi) is 5.63. The molecule has 4 N–H and O–H groups in total. The molecule has 1 saturated carbocycles. The topological polar surface area (TPSA) is 93.4 Å². The molecule has 1 aromatic carbocycles. The van der Waals surface area contributed by atoms with Gasteiger partial charge in [-0.3, -0.25) is 4.79 Å². The third kappa shape index (κ3) is 5.27. The number of benzene rings is 1. The maximum absolute atomic E-state index is 11.6. The highest BCUT2D eigenvalue weighted by Crippen LogP contribution is 2.18. The summed E-state index contributed by atoms with van der Waals surface area (Å²) in [5.41, 5.74) is 6.41. The van der Waals surface area contributed by atoms with Gasteiger partial charge in [-0.1, -0.05) is 12.1 Å². The Morgan fingerprint density at radius 3 is 2.55 bits per heavy atom. The van der Waals surface area contributed by atoms with Crippen molar-refractivity contribution < 1.29 is 14.3 Å². The second kappa shape index (κ2) is 7.68. The second-order valence-corrected chi connectivity index (χ2v) is 5.51. The maximum atomic E-state index is 11.6. The van der Waals surface area contributed by atoms with Crippen LogP contribution in [0.15, 0.2) is 24.3 Å². The van der Waals surface area contributed by atoms with Gasteiger partial charge >= 0.3 is 6.03 Å². The number of ether oxygens (including phenoxy) is 1. The predicted octanol–water partition coefficient (Wildman–Crippen LogP) is 1.19. The minimum absolute atomic E-state index is 0.236. The van der Waals surface area contributed by atoms with Crippen molar-refractivity contribution in [2.75, 3.05) is 13.2 Å². The van der Waals surface area contributed by atoms with Crippen LogP contribution in [0.2, 0.25) is 0 Å². The standard InChI is InChI=1S/C16H23N3O3/c1-2-22-14-7-3-11(4-8-14)9-12(15(17)20)10-18-16(21)19-13-5-6-13/h3-4,7-8,12-13H,2,5-6,9-10H2,1H3,(H2,17,20)(H2,18,19,21). The number of hydrogen-bond donors (Lipinski definition) is 3. The highest BCUT2D eigenvalue weighted by atomic mass is 16.5. The van der Waals surface area contributed by atoms with Crippen LogP contribution in [-0.2, 0) is 11.2 Å². The zero-order chi connectivity index (χ0) is 15.9. The van der Waals surface area contributed by atoms with Gasteiger partial charge in [0.05, 0.1) is 12.5 Å². The lowest BCUT2D eigenvalue weighted by atomic mass is 9.98. The van der Waals surface area contributed by atoms with E-state index in [1.807, 2.05) is 31.2 Å². The third-order valence-corrected chi connectivity index (χ3v) is 3.54. The van der Waals surface area contributed by atoms with Crippen molar-refractivity contribution in [3.8, 4) is 5.75 Å². The monoisotopic (exact) mass is 305 g/mol. The number of amides is 3. The minimum atomic E-state index is -0.428. The lowest BCUT2D eigenvalue weighted by Gasteiger charge is -2.15. The predicted molar refractivity (Wildman–Crippen MR) is 83.6 cm³/mol. The Morgan fingerprint density at radius 2 is 2.00 bits per heavy atom. The number of rotatable bonds is 8. The fourth-order valence-electron chi connectivity index (χ4n) is 2.13. The average Bonchev–Trinajstić information content (AvgIpc) is 3.29. The Balaban J connectivity index is 1.84. The molecule has 0 saturated heterocycles. The molecule has 0 aliphatic heterocycles. The van der Waals surface area contributed by atoms with Crippen LogP contribution in [0.1, 0.15) is 25.3 Å². The van der Waals surface area contributed by atoms with Crippen LogP contribution in [0, 0.1) is 5.92 Å². The summed E-state index contributed by atoms with van der Waals surface area (Å²) in [5, 5.41) is 5.53. The summed E-state index contributed by atoms with van der Waals surface area (Å²) in [6.07, 6.45) is 2.54. The molecule has 0 aromatic heterocycles. The van der Waals surface area contributed by atoms with Crippen molar-refractivity contribution in [3.05, 3.63) is 29.8 Å². The smallest absolute Gasteiger partial charge is 0.315 e. The van der Waals surface area contributed by atoms with Crippen LogP contribution in [0.4, 0.5) is 4.79 Å². The molecule has 120 valence electrons. The summed E-state index contributed by atoms with van der Waals surface area (Å²) < 4.78 is 5.38. The van der Waals surface area contributed by atoms with E-state index in [1.165, 1.54) is 0 Å². The zero-order valence-electron chi connectivity index (χ0n) is 12.8. The Bertz CT molecular complexity index is 512. The van der Waals surface area contributed by atoms with Gasteiger partial charge in [0.15, 0.2) is 0 Å². The van der Waals surface area contributed by atoms with Gasteiger partial charge in [0.2, 0.25) is 5.91 Å². The number of urea groups is 1. The molecule has 1 unspecified atom stereocenters. The molecule has 0 radical (unpaired) electrons. The van der Waals surface area contributed by atoms with Crippen molar-refractivity contribution >= 4 is 11.9 Å². The first-order valence-corrected chi connectivity index (χ1v) is 7.64. The van der Waals surface area contributed by atoms with Crippen molar-refractivity contribution in [3.63, 3.8) is 0 Å². The average molecular weight is 305 g/mol. The molecular formula is C16H23N3O3. The van der Waals surface area contributed by atoms with Crippen LogP contribution < -0.4 is 21.1 Å². The van der Waals surface area contributed by atoms with Crippen LogP contribution in [0.25, 0.3) is 0 Å². The van der Waals surface area contributed by atoms with E-state index in [0.29, 0.717) is 13.0 Å². The van der Waals surface area contributed by atoms with Crippen LogP contribution >= 0.6 is 0 Å². The molecule has 6 heteroatoms. The number of primary amides is 1. The normalized spacial score (nSPS) is 15.0. The third-order valence-electron chi connectivity index (χ3n) is 3.54. The number of carbonyl (C=O) groups excluding carboxylic acids is 2. The highest BCUT2D eigenvalue weighted by Gasteiger charge is 2.24. The van der Waals surface area contributed by atoms with Crippen molar-refractivity contribution in [1.82, 2.24) is 10.6 Å². The lowest BCUT2D eigenvalue weighted by Crippen LogP contribution is -2.42. The molecule has 1 fully saturated rings. The van der Waals surface area contributed by atoms with E-state index in [9.17, 15) is 9.59 Å². The van der Waals surface area contributed by atoms with Crippen LogP contribution in [0.5, 0.6) is 5.75 Å². The quantitative estimate of drug-likeness (QED) is 0.673. The first-order chi connectivity index (χ1) is 10.6. The fraction of sp³-hybridized carbons (Fsp3) is 0.500. The number of nitrogens with one attached hydrogen (secondary N) is 2. The molecule has 2 rings (SSSR count). The van der Waals surface area contributed by atoms with Gasteiger partial charge in [0, 0.05) is 12.6 Å². The van der Waals surface area contributed by atoms with Gasteiger partial charge in [-0.25, -0.2) is 4.79 Å². The molecule has 0 spiro atoms. The molecule has 1 aliphatic carbocycles. The van der Waals surface area contributed by atoms with Gasteiger partial charge in [-0.15, -0.1) is 0 Å². The Hall–Kier alpha value is -2.24. The molecule has 1 aliphatic rings. The summed E-state index contributed by atoms with van der Waals surface area (Å²) in [6, 6.07) is 7.60. The number of carbonyl (C=O) groups is 2. The van der Waals surface area contributed by atoms with E-state index < -0.39 is 11.8 Å². The van der Waals surface area contributed by atoms with Gasteiger partial charge < -0.3 is 21.1 Å². The minimum Gasteiger partial charge on any atom is -0.494 e. The van der Waals surface area contributed by atoms with Gasteiger partial charge in [0.25, 0.3) is 0 Å².